The molecule has 0 fully saturated rings. The van der Waals surface area contributed by atoms with E-state index >= 15 is 0 Å². The van der Waals surface area contributed by atoms with E-state index in [1.807, 2.05) is 31.2 Å². The zero-order chi connectivity index (χ0) is 16.2. The SMILES string of the molecule is CC(C(N)=O)C1CCCc2cc(OCc3ccccc3)ccc21. The summed E-state index contributed by atoms with van der Waals surface area (Å²) in [6.45, 7) is 2.50. The van der Waals surface area contributed by atoms with Crippen LogP contribution in [0.5, 0.6) is 5.75 Å². The maximum atomic E-state index is 11.5. The maximum absolute atomic E-state index is 11.5. The number of benzene rings is 2. The fraction of sp³-hybridized carbons (Fsp3) is 0.350. The Kier molecular flexibility index (Phi) is 4.65. The molecular weight excluding hydrogens is 286 g/mol. The van der Waals surface area contributed by atoms with Crippen molar-refractivity contribution in [1.82, 2.24) is 0 Å². The Morgan fingerprint density at radius 1 is 1.26 bits per heavy atom. The average molecular weight is 309 g/mol. The molecule has 3 heteroatoms. The molecule has 3 nitrogen and oxygen atoms in total. The summed E-state index contributed by atoms with van der Waals surface area (Å²) in [7, 11) is 0. The monoisotopic (exact) mass is 309 g/mol. The molecule has 1 amide bonds. The van der Waals surface area contributed by atoms with Crippen molar-refractivity contribution >= 4 is 5.91 Å². The van der Waals surface area contributed by atoms with Gasteiger partial charge in [-0.25, -0.2) is 0 Å². The Bertz CT molecular complexity index is 681. The van der Waals surface area contributed by atoms with Gasteiger partial charge in [0.15, 0.2) is 0 Å². The highest BCUT2D eigenvalue weighted by molar-refractivity contribution is 5.77. The average Bonchev–Trinajstić information content (AvgIpc) is 2.59. The largest absolute Gasteiger partial charge is 0.489 e. The van der Waals surface area contributed by atoms with Gasteiger partial charge in [-0.2, -0.15) is 0 Å². The summed E-state index contributed by atoms with van der Waals surface area (Å²) >= 11 is 0. The van der Waals surface area contributed by atoms with Crippen molar-refractivity contribution in [2.45, 2.75) is 38.7 Å². The third-order valence-corrected chi connectivity index (χ3v) is 4.78. The number of hydrogen-bond acceptors (Lipinski definition) is 2. The fourth-order valence-corrected chi connectivity index (χ4v) is 3.38. The quantitative estimate of drug-likeness (QED) is 0.913. The van der Waals surface area contributed by atoms with E-state index in [0.29, 0.717) is 6.61 Å². The highest BCUT2D eigenvalue weighted by Gasteiger charge is 2.28. The first kappa shape index (κ1) is 15.6. The van der Waals surface area contributed by atoms with E-state index in [1.165, 1.54) is 11.1 Å². The van der Waals surface area contributed by atoms with Crippen LogP contribution in [0, 0.1) is 5.92 Å². The molecule has 0 bridgehead atoms. The van der Waals surface area contributed by atoms with E-state index < -0.39 is 0 Å². The summed E-state index contributed by atoms with van der Waals surface area (Å²) < 4.78 is 5.91. The molecule has 2 N–H and O–H groups in total. The number of amides is 1. The van der Waals surface area contributed by atoms with Crippen LogP contribution in [0.4, 0.5) is 0 Å². The highest BCUT2D eigenvalue weighted by atomic mass is 16.5. The van der Waals surface area contributed by atoms with Crippen LogP contribution in [-0.2, 0) is 17.8 Å². The molecule has 3 rings (SSSR count). The van der Waals surface area contributed by atoms with Crippen LogP contribution >= 0.6 is 0 Å². The van der Waals surface area contributed by atoms with Gasteiger partial charge in [-0.3, -0.25) is 4.79 Å². The molecule has 120 valence electrons. The number of carbonyl (C=O) groups is 1. The van der Waals surface area contributed by atoms with Gasteiger partial charge in [-0.15, -0.1) is 0 Å². The van der Waals surface area contributed by atoms with Gasteiger partial charge in [0.05, 0.1) is 0 Å². The Balaban J connectivity index is 1.75. The molecule has 0 saturated carbocycles. The van der Waals surface area contributed by atoms with Crippen molar-refractivity contribution < 1.29 is 9.53 Å². The summed E-state index contributed by atoms with van der Waals surface area (Å²) in [5.74, 6) is 0.789. The Morgan fingerprint density at radius 3 is 2.78 bits per heavy atom. The molecule has 2 aromatic rings. The van der Waals surface area contributed by atoms with Crippen LogP contribution in [0.25, 0.3) is 0 Å². The van der Waals surface area contributed by atoms with Crippen LogP contribution in [0.1, 0.15) is 42.4 Å². The van der Waals surface area contributed by atoms with Gasteiger partial charge in [0.1, 0.15) is 12.4 Å². The molecule has 2 aromatic carbocycles. The van der Waals surface area contributed by atoms with Gasteiger partial charge in [-0.1, -0.05) is 43.3 Å². The topological polar surface area (TPSA) is 52.3 Å². The summed E-state index contributed by atoms with van der Waals surface area (Å²) in [5.41, 5.74) is 9.21. The van der Waals surface area contributed by atoms with E-state index in [1.54, 1.807) is 0 Å². The molecule has 23 heavy (non-hydrogen) atoms. The number of primary amides is 1. The molecular formula is C20H23NO2. The van der Waals surface area contributed by atoms with Gasteiger partial charge in [0.25, 0.3) is 0 Å². The van der Waals surface area contributed by atoms with Crippen molar-refractivity contribution in [3.8, 4) is 5.75 Å². The highest BCUT2D eigenvalue weighted by Crippen LogP contribution is 2.38. The lowest BCUT2D eigenvalue weighted by Gasteiger charge is -2.29. The second-order valence-electron chi connectivity index (χ2n) is 6.32. The Morgan fingerprint density at radius 2 is 2.04 bits per heavy atom. The second kappa shape index (κ2) is 6.86. The van der Waals surface area contributed by atoms with Crippen LogP contribution in [0.15, 0.2) is 48.5 Å². The molecule has 0 saturated heterocycles. The van der Waals surface area contributed by atoms with Crippen LogP contribution < -0.4 is 10.5 Å². The zero-order valence-electron chi connectivity index (χ0n) is 13.5. The molecule has 0 radical (unpaired) electrons. The van der Waals surface area contributed by atoms with E-state index in [4.69, 9.17) is 10.5 Å². The van der Waals surface area contributed by atoms with E-state index in [2.05, 4.69) is 24.3 Å². The minimum atomic E-state index is -0.216. The normalized spacial score (nSPS) is 18.0. The summed E-state index contributed by atoms with van der Waals surface area (Å²) in [6.07, 6.45) is 3.17. The van der Waals surface area contributed by atoms with E-state index in [9.17, 15) is 4.79 Å². The van der Waals surface area contributed by atoms with Gasteiger partial charge in [0, 0.05) is 5.92 Å². The van der Waals surface area contributed by atoms with E-state index in [0.717, 1.165) is 30.6 Å². The van der Waals surface area contributed by atoms with Crippen LogP contribution in [0.2, 0.25) is 0 Å². The molecule has 0 heterocycles. The van der Waals surface area contributed by atoms with Gasteiger partial charge in [-0.05, 0) is 54.0 Å². The van der Waals surface area contributed by atoms with Crippen molar-refractivity contribution in [2.24, 2.45) is 11.7 Å². The number of fused-ring (bicyclic) bond motifs is 1. The van der Waals surface area contributed by atoms with Crippen molar-refractivity contribution in [1.29, 1.82) is 0 Å². The first-order valence-corrected chi connectivity index (χ1v) is 8.24. The van der Waals surface area contributed by atoms with Crippen LogP contribution in [0.3, 0.4) is 0 Å². The molecule has 1 aliphatic rings. The summed E-state index contributed by atoms with van der Waals surface area (Å²) in [5, 5.41) is 0. The Hall–Kier alpha value is -2.29. The number of aryl methyl sites for hydroxylation is 1. The van der Waals surface area contributed by atoms with Gasteiger partial charge >= 0.3 is 0 Å². The number of nitrogens with two attached hydrogens (primary N) is 1. The first-order chi connectivity index (χ1) is 11.1. The van der Waals surface area contributed by atoms with Crippen molar-refractivity contribution in [3.05, 3.63) is 65.2 Å². The third-order valence-electron chi connectivity index (χ3n) is 4.78. The van der Waals surface area contributed by atoms with Gasteiger partial charge < -0.3 is 10.5 Å². The molecule has 2 unspecified atom stereocenters. The fourth-order valence-electron chi connectivity index (χ4n) is 3.38. The molecule has 1 aliphatic carbocycles. The number of ether oxygens (including phenoxy) is 1. The molecule has 0 spiro atoms. The molecule has 2 atom stereocenters. The summed E-state index contributed by atoms with van der Waals surface area (Å²) in [6, 6.07) is 16.4. The zero-order valence-corrected chi connectivity index (χ0v) is 13.5. The number of rotatable bonds is 5. The third kappa shape index (κ3) is 3.55. The second-order valence-corrected chi connectivity index (χ2v) is 6.32. The maximum Gasteiger partial charge on any atom is 0.220 e. The van der Waals surface area contributed by atoms with E-state index in [-0.39, 0.29) is 17.7 Å². The lowest BCUT2D eigenvalue weighted by atomic mass is 9.76. The minimum Gasteiger partial charge on any atom is -0.489 e. The predicted octanol–water partition coefficient (Wildman–Crippen LogP) is 3.81. The molecule has 0 aromatic heterocycles. The lowest BCUT2D eigenvalue weighted by Crippen LogP contribution is -2.28. The van der Waals surface area contributed by atoms with Crippen molar-refractivity contribution in [3.63, 3.8) is 0 Å². The first-order valence-electron chi connectivity index (χ1n) is 8.24. The van der Waals surface area contributed by atoms with Crippen LogP contribution in [-0.4, -0.2) is 5.91 Å². The van der Waals surface area contributed by atoms with Gasteiger partial charge in [0.2, 0.25) is 5.91 Å². The minimum absolute atomic E-state index is 0.120. The molecule has 0 aliphatic heterocycles. The smallest absolute Gasteiger partial charge is 0.220 e. The predicted molar refractivity (Wildman–Crippen MR) is 91.3 cm³/mol. The number of carbonyl (C=O) groups excluding carboxylic acids is 1. The number of hydrogen-bond donors (Lipinski definition) is 1. The lowest BCUT2D eigenvalue weighted by molar-refractivity contribution is -0.122. The summed E-state index contributed by atoms with van der Waals surface area (Å²) in [4.78, 5) is 11.5. The standard InChI is InChI=1S/C20H23NO2/c1-14(20(21)22)18-9-5-8-16-12-17(10-11-19(16)18)23-13-15-6-3-2-4-7-15/h2-4,6-7,10-12,14,18H,5,8-9,13H2,1H3,(H2,21,22). The Labute approximate surface area is 137 Å². The van der Waals surface area contributed by atoms with Crippen molar-refractivity contribution in [2.75, 3.05) is 0 Å².